The standard InChI is InChI=1S/C18H21N3O4/c1-13(2)20-11-16(25-18(20)14-6-4-3-5-7-14)12-24-17-9-8-15(10-19-17)21(22)23/h3-10,13,16,18H,11-12H2,1-2H3. The molecule has 1 fully saturated rings. The van der Waals surface area contributed by atoms with Crippen molar-refractivity contribution in [3.8, 4) is 5.88 Å². The van der Waals surface area contributed by atoms with Gasteiger partial charge in [-0.05, 0) is 19.4 Å². The summed E-state index contributed by atoms with van der Waals surface area (Å²) in [6.45, 7) is 5.38. The summed E-state index contributed by atoms with van der Waals surface area (Å²) < 4.78 is 11.8. The van der Waals surface area contributed by atoms with Crippen molar-refractivity contribution < 1.29 is 14.4 Å². The zero-order valence-electron chi connectivity index (χ0n) is 14.2. The van der Waals surface area contributed by atoms with Crippen molar-refractivity contribution in [3.63, 3.8) is 0 Å². The summed E-state index contributed by atoms with van der Waals surface area (Å²) in [6, 6.07) is 13.3. The highest BCUT2D eigenvalue weighted by Gasteiger charge is 2.35. The summed E-state index contributed by atoms with van der Waals surface area (Å²) in [5.74, 6) is 0.355. The van der Waals surface area contributed by atoms with Crippen molar-refractivity contribution in [2.75, 3.05) is 13.2 Å². The van der Waals surface area contributed by atoms with Gasteiger partial charge in [0, 0.05) is 24.7 Å². The Bertz CT molecular complexity index is 706. The van der Waals surface area contributed by atoms with Crippen LogP contribution >= 0.6 is 0 Å². The maximum absolute atomic E-state index is 10.6. The summed E-state index contributed by atoms with van der Waals surface area (Å²) in [7, 11) is 0. The van der Waals surface area contributed by atoms with Crippen LogP contribution in [-0.2, 0) is 4.74 Å². The van der Waals surface area contributed by atoms with E-state index in [1.807, 2.05) is 18.2 Å². The van der Waals surface area contributed by atoms with Crippen LogP contribution in [0, 0.1) is 10.1 Å². The fourth-order valence-corrected chi connectivity index (χ4v) is 2.84. The number of ether oxygens (including phenoxy) is 2. The van der Waals surface area contributed by atoms with Crippen LogP contribution in [0.5, 0.6) is 5.88 Å². The molecule has 0 saturated carbocycles. The molecular formula is C18H21N3O4. The fourth-order valence-electron chi connectivity index (χ4n) is 2.84. The molecule has 0 aliphatic carbocycles. The lowest BCUT2D eigenvalue weighted by Gasteiger charge is -2.26. The number of rotatable bonds is 6. The molecule has 0 N–H and O–H groups in total. The topological polar surface area (TPSA) is 77.7 Å². The van der Waals surface area contributed by atoms with Crippen molar-refractivity contribution in [1.82, 2.24) is 9.88 Å². The predicted molar refractivity (Wildman–Crippen MR) is 92.3 cm³/mol. The van der Waals surface area contributed by atoms with Crippen molar-refractivity contribution >= 4 is 5.69 Å². The zero-order chi connectivity index (χ0) is 17.8. The smallest absolute Gasteiger partial charge is 0.287 e. The largest absolute Gasteiger partial charge is 0.475 e. The second kappa shape index (κ2) is 7.58. The van der Waals surface area contributed by atoms with Crippen molar-refractivity contribution in [1.29, 1.82) is 0 Å². The molecule has 2 heterocycles. The maximum Gasteiger partial charge on any atom is 0.287 e. The Morgan fingerprint density at radius 1 is 1.32 bits per heavy atom. The van der Waals surface area contributed by atoms with Crippen LogP contribution in [0.15, 0.2) is 48.7 Å². The van der Waals surface area contributed by atoms with E-state index in [-0.39, 0.29) is 18.0 Å². The van der Waals surface area contributed by atoms with Crippen molar-refractivity contribution in [3.05, 3.63) is 64.3 Å². The molecule has 1 aromatic carbocycles. The van der Waals surface area contributed by atoms with Gasteiger partial charge in [0.15, 0.2) is 0 Å². The van der Waals surface area contributed by atoms with Gasteiger partial charge in [-0.3, -0.25) is 15.0 Å². The van der Waals surface area contributed by atoms with Crippen molar-refractivity contribution in [2.45, 2.75) is 32.2 Å². The second-order valence-corrected chi connectivity index (χ2v) is 6.23. The Morgan fingerprint density at radius 3 is 2.68 bits per heavy atom. The minimum atomic E-state index is -0.484. The number of nitro groups is 1. The molecule has 2 unspecified atom stereocenters. The van der Waals surface area contributed by atoms with Crippen LogP contribution in [0.1, 0.15) is 25.6 Å². The van der Waals surface area contributed by atoms with Crippen LogP contribution in [0.2, 0.25) is 0 Å². The number of nitrogens with zero attached hydrogens (tertiary/aromatic N) is 3. The van der Waals surface area contributed by atoms with Gasteiger partial charge in [-0.15, -0.1) is 0 Å². The molecule has 0 spiro atoms. The lowest BCUT2D eigenvalue weighted by molar-refractivity contribution is -0.385. The number of hydrogen-bond donors (Lipinski definition) is 0. The summed E-state index contributed by atoms with van der Waals surface area (Å²) in [5.41, 5.74) is 1.06. The van der Waals surface area contributed by atoms with E-state index in [0.29, 0.717) is 18.5 Å². The number of benzene rings is 1. The molecule has 0 amide bonds. The average Bonchev–Trinajstić information content (AvgIpc) is 3.06. The summed E-state index contributed by atoms with van der Waals surface area (Å²) in [6.07, 6.45) is 1.00. The van der Waals surface area contributed by atoms with Gasteiger partial charge in [0.05, 0.1) is 4.92 Å². The molecule has 1 saturated heterocycles. The Labute approximate surface area is 146 Å². The molecule has 1 aliphatic heterocycles. The molecule has 7 heteroatoms. The first-order chi connectivity index (χ1) is 12.0. The van der Waals surface area contributed by atoms with E-state index in [9.17, 15) is 10.1 Å². The van der Waals surface area contributed by atoms with Gasteiger partial charge < -0.3 is 9.47 Å². The van der Waals surface area contributed by atoms with E-state index in [1.54, 1.807) is 0 Å². The van der Waals surface area contributed by atoms with E-state index in [1.165, 1.54) is 18.3 Å². The van der Waals surface area contributed by atoms with Gasteiger partial charge in [0.25, 0.3) is 5.69 Å². The zero-order valence-corrected chi connectivity index (χ0v) is 14.2. The first-order valence-electron chi connectivity index (χ1n) is 8.24. The Hall–Kier alpha value is -2.51. The third kappa shape index (κ3) is 4.12. The highest BCUT2D eigenvalue weighted by Crippen LogP contribution is 2.32. The van der Waals surface area contributed by atoms with Gasteiger partial charge in [-0.1, -0.05) is 30.3 Å². The van der Waals surface area contributed by atoms with Gasteiger partial charge in [0.1, 0.15) is 25.1 Å². The molecule has 0 radical (unpaired) electrons. The van der Waals surface area contributed by atoms with E-state index < -0.39 is 4.92 Å². The minimum Gasteiger partial charge on any atom is -0.475 e. The third-order valence-electron chi connectivity index (χ3n) is 4.13. The number of pyridine rings is 1. The first-order valence-corrected chi connectivity index (χ1v) is 8.24. The number of hydrogen-bond acceptors (Lipinski definition) is 6. The van der Waals surface area contributed by atoms with Crippen molar-refractivity contribution in [2.24, 2.45) is 0 Å². The number of aromatic nitrogens is 1. The van der Waals surface area contributed by atoms with Gasteiger partial charge in [-0.2, -0.15) is 0 Å². The molecule has 132 valence electrons. The Morgan fingerprint density at radius 2 is 2.08 bits per heavy atom. The average molecular weight is 343 g/mol. The third-order valence-corrected chi connectivity index (χ3v) is 4.13. The second-order valence-electron chi connectivity index (χ2n) is 6.23. The van der Waals surface area contributed by atoms with Crippen LogP contribution in [0.25, 0.3) is 0 Å². The van der Waals surface area contributed by atoms with Crippen LogP contribution in [0.4, 0.5) is 5.69 Å². The summed E-state index contributed by atoms with van der Waals surface area (Å²) in [5, 5.41) is 10.6. The monoisotopic (exact) mass is 343 g/mol. The normalized spacial score (nSPS) is 20.8. The van der Waals surface area contributed by atoms with E-state index >= 15 is 0 Å². The maximum atomic E-state index is 10.6. The molecule has 0 bridgehead atoms. The Balaban J connectivity index is 1.62. The van der Waals surface area contributed by atoms with Gasteiger partial charge in [-0.25, -0.2) is 4.98 Å². The molecular weight excluding hydrogens is 322 g/mol. The van der Waals surface area contributed by atoms with E-state index in [4.69, 9.17) is 9.47 Å². The lowest BCUT2D eigenvalue weighted by atomic mass is 10.1. The Kier molecular flexibility index (Phi) is 5.25. The molecule has 25 heavy (non-hydrogen) atoms. The quantitative estimate of drug-likeness (QED) is 0.592. The molecule has 1 aromatic heterocycles. The molecule has 3 rings (SSSR count). The molecule has 2 aromatic rings. The summed E-state index contributed by atoms with van der Waals surface area (Å²) in [4.78, 5) is 16.4. The fraction of sp³-hybridized carbons (Fsp3) is 0.389. The van der Waals surface area contributed by atoms with Crippen LogP contribution in [0.3, 0.4) is 0 Å². The summed E-state index contributed by atoms with van der Waals surface area (Å²) >= 11 is 0. The molecule has 2 atom stereocenters. The highest BCUT2D eigenvalue weighted by molar-refractivity contribution is 5.28. The van der Waals surface area contributed by atoms with Gasteiger partial charge in [0.2, 0.25) is 5.88 Å². The van der Waals surface area contributed by atoms with E-state index in [2.05, 4.69) is 35.9 Å². The first kappa shape index (κ1) is 17.3. The van der Waals surface area contributed by atoms with Crippen LogP contribution < -0.4 is 4.74 Å². The van der Waals surface area contributed by atoms with Crippen LogP contribution in [-0.4, -0.2) is 40.1 Å². The molecule has 7 nitrogen and oxygen atoms in total. The minimum absolute atomic E-state index is 0.0559. The molecule has 1 aliphatic rings. The highest BCUT2D eigenvalue weighted by atomic mass is 16.6. The lowest BCUT2D eigenvalue weighted by Crippen LogP contribution is -2.32. The predicted octanol–water partition coefficient (Wildman–Crippen LogP) is 3.18. The van der Waals surface area contributed by atoms with E-state index in [0.717, 1.165) is 12.1 Å². The SMILES string of the molecule is CC(C)N1CC(COc2ccc([N+](=O)[O-])cn2)OC1c1ccccc1. The van der Waals surface area contributed by atoms with Gasteiger partial charge >= 0.3 is 0 Å².